The van der Waals surface area contributed by atoms with Crippen LogP contribution in [0.15, 0.2) is 24.3 Å². The van der Waals surface area contributed by atoms with Gasteiger partial charge in [0.25, 0.3) is 0 Å². The van der Waals surface area contributed by atoms with Crippen LogP contribution < -0.4 is 5.32 Å². The molecule has 5 nitrogen and oxygen atoms in total. The van der Waals surface area contributed by atoms with Gasteiger partial charge in [-0.1, -0.05) is 12.1 Å². The third-order valence-corrected chi connectivity index (χ3v) is 4.37. The Morgan fingerprint density at radius 3 is 2.73 bits per heavy atom. The van der Waals surface area contributed by atoms with Crippen LogP contribution in [0.5, 0.6) is 0 Å². The molecular weight excluding hydrogens is 300 g/mol. The Kier molecular flexibility index (Phi) is 6.33. The molecule has 0 radical (unpaired) electrons. The summed E-state index contributed by atoms with van der Waals surface area (Å²) in [5.41, 5.74) is 1.02. The molecule has 2 aromatic rings. The summed E-state index contributed by atoms with van der Waals surface area (Å²) in [7, 11) is 0. The number of benzene rings is 1. The van der Waals surface area contributed by atoms with E-state index in [1.54, 1.807) is 11.3 Å². The molecule has 1 aromatic heterocycles. The van der Waals surface area contributed by atoms with Crippen LogP contribution in [0.3, 0.4) is 0 Å². The summed E-state index contributed by atoms with van der Waals surface area (Å²) in [6.45, 7) is 0.549. The van der Waals surface area contributed by atoms with Crippen LogP contribution in [0.2, 0.25) is 0 Å². The lowest BCUT2D eigenvalue weighted by molar-refractivity contribution is -0.137. The molecule has 6 heteroatoms. The Balaban J connectivity index is 1.61. The van der Waals surface area contributed by atoms with Crippen LogP contribution in [-0.4, -0.2) is 28.5 Å². The number of thiazole rings is 1. The van der Waals surface area contributed by atoms with Crippen molar-refractivity contribution in [1.82, 2.24) is 10.3 Å². The van der Waals surface area contributed by atoms with E-state index in [1.807, 2.05) is 18.2 Å². The zero-order valence-electron chi connectivity index (χ0n) is 12.4. The van der Waals surface area contributed by atoms with Crippen LogP contribution in [0.4, 0.5) is 0 Å². The Labute approximate surface area is 133 Å². The van der Waals surface area contributed by atoms with Crippen molar-refractivity contribution in [3.05, 3.63) is 29.3 Å². The van der Waals surface area contributed by atoms with Gasteiger partial charge in [-0.15, -0.1) is 11.3 Å². The standard InChI is InChI=1S/C16H20N2O3S/c19-14(17-11-4-3-10-16(20)21)8-5-9-15-18-12-6-1-2-7-13(12)22-15/h1-2,6-7H,3-5,8-11H2,(H,17,19)(H,20,21). The number of carbonyl (C=O) groups is 2. The number of hydrogen-bond acceptors (Lipinski definition) is 4. The second-order valence-electron chi connectivity index (χ2n) is 5.13. The predicted octanol–water partition coefficient (Wildman–Crippen LogP) is 2.99. The number of carboxylic acid groups (broad SMARTS) is 1. The van der Waals surface area contributed by atoms with Crippen LogP contribution in [0.25, 0.3) is 10.2 Å². The maximum Gasteiger partial charge on any atom is 0.303 e. The largest absolute Gasteiger partial charge is 0.481 e. The predicted molar refractivity (Wildman–Crippen MR) is 87.1 cm³/mol. The molecule has 0 fully saturated rings. The van der Waals surface area contributed by atoms with Crippen LogP contribution in [0, 0.1) is 0 Å². The fourth-order valence-electron chi connectivity index (χ4n) is 2.14. The van der Waals surface area contributed by atoms with Gasteiger partial charge in [0.15, 0.2) is 0 Å². The number of aryl methyl sites for hydroxylation is 1. The van der Waals surface area contributed by atoms with Crippen molar-refractivity contribution < 1.29 is 14.7 Å². The summed E-state index contributed by atoms with van der Waals surface area (Å²) < 4.78 is 1.18. The van der Waals surface area contributed by atoms with Crippen LogP contribution >= 0.6 is 11.3 Å². The molecule has 0 aliphatic heterocycles. The minimum Gasteiger partial charge on any atom is -0.481 e. The third kappa shape index (κ3) is 5.44. The maximum absolute atomic E-state index is 11.7. The first-order valence-corrected chi connectivity index (χ1v) is 8.30. The SMILES string of the molecule is O=C(O)CCCCNC(=O)CCCc1nc2ccccc2s1. The van der Waals surface area contributed by atoms with Gasteiger partial charge in [-0.05, 0) is 37.8 Å². The van der Waals surface area contributed by atoms with Gasteiger partial charge in [0, 0.05) is 19.4 Å². The number of aliphatic carboxylic acids is 1. The molecular formula is C16H20N2O3S. The van der Waals surface area contributed by atoms with Crippen molar-refractivity contribution in [2.75, 3.05) is 6.54 Å². The topological polar surface area (TPSA) is 79.3 Å². The van der Waals surface area contributed by atoms with Crippen LogP contribution in [0.1, 0.15) is 37.1 Å². The highest BCUT2D eigenvalue weighted by atomic mass is 32.1. The van der Waals surface area contributed by atoms with Gasteiger partial charge in [-0.2, -0.15) is 0 Å². The van der Waals surface area contributed by atoms with Gasteiger partial charge in [-0.25, -0.2) is 4.98 Å². The van der Waals surface area contributed by atoms with Crippen molar-refractivity contribution in [2.45, 2.75) is 38.5 Å². The van der Waals surface area contributed by atoms with Gasteiger partial charge in [0.05, 0.1) is 15.2 Å². The summed E-state index contributed by atoms with van der Waals surface area (Å²) in [5, 5.41) is 12.4. The Hall–Kier alpha value is -1.95. The van der Waals surface area contributed by atoms with Crippen LogP contribution in [-0.2, 0) is 16.0 Å². The summed E-state index contributed by atoms with van der Waals surface area (Å²) in [6.07, 6.45) is 3.53. The molecule has 0 spiro atoms. The molecule has 0 unspecified atom stereocenters. The number of unbranched alkanes of at least 4 members (excludes halogenated alkanes) is 1. The van der Waals surface area contributed by atoms with E-state index in [0.29, 0.717) is 25.8 Å². The number of aromatic nitrogens is 1. The van der Waals surface area contributed by atoms with Gasteiger partial charge < -0.3 is 10.4 Å². The summed E-state index contributed by atoms with van der Waals surface area (Å²) in [5.74, 6) is -0.765. The quantitative estimate of drug-likeness (QED) is 0.696. The zero-order valence-corrected chi connectivity index (χ0v) is 13.2. The molecule has 0 saturated heterocycles. The first-order valence-electron chi connectivity index (χ1n) is 7.48. The summed E-state index contributed by atoms with van der Waals surface area (Å²) in [4.78, 5) is 26.5. The number of para-hydroxylation sites is 1. The molecule has 118 valence electrons. The number of fused-ring (bicyclic) bond motifs is 1. The normalized spacial score (nSPS) is 10.7. The van der Waals surface area contributed by atoms with E-state index >= 15 is 0 Å². The third-order valence-electron chi connectivity index (χ3n) is 3.27. The van der Waals surface area contributed by atoms with E-state index < -0.39 is 5.97 Å². The van der Waals surface area contributed by atoms with Gasteiger partial charge in [-0.3, -0.25) is 9.59 Å². The molecule has 2 rings (SSSR count). The van der Waals surface area contributed by atoms with Crippen molar-refractivity contribution >= 4 is 33.4 Å². The zero-order chi connectivity index (χ0) is 15.8. The molecule has 0 aliphatic carbocycles. The fourth-order valence-corrected chi connectivity index (χ4v) is 3.15. The number of rotatable bonds is 9. The molecule has 1 heterocycles. The summed E-state index contributed by atoms with van der Waals surface area (Å²) in [6, 6.07) is 8.03. The van der Waals surface area contributed by atoms with Crippen molar-refractivity contribution in [3.63, 3.8) is 0 Å². The number of nitrogens with one attached hydrogen (secondary N) is 1. The smallest absolute Gasteiger partial charge is 0.303 e. The number of amides is 1. The molecule has 0 atom stereocenters. The number of nitrogens with zero attached hydrogens (tertiary/aromatic N) is 1. The highest BCUT2D eigenvalue weighted by Gasteiger charge is 2.05. The molecule has 22 heavy (non-hydrogen) atoms. The number of carbonyl (C=O) groups excluding carboxylic acids is 1. The molecule has 0 aliphatic rings. The van der Waals surface area contributed by atoms with E-state index in [1.165, 1.54) is 4.70 Å². The first kappa shape index (κ1) is 16.4. The van der Waals surface area contributed by atoms with E-state index in [0.717, 1.165) is 23.4 Å². The second kappa shape index (κ2) is 8.48. The first-order chi connectivity index (χ1) is 10.6. The summed E-state index contributed by atoms with van der Waals surface area (Å²) >= 11 is 1.68. The van der Waals surface area contributed by atoms with Crippen molar-refractivity contribution in [1.29, 1.82) is 0 Å². The second-order valence-corrected chi connectivity index (χ2v) is 6.24. The molecule has 1 aromatic carbocycles. The average molecular weight is 320 g/mol. The van der Waals surface area contributed by atoms with E-state index in [4.69, 9.17) is 5.11 Å². The molecule has 0 saturated carbocycles. The lowest BCUT2D eigenvalue weighted by Crippen LogP contribution is -2.24. The number of hydrogen-bond donors (Lipinski definition) is 2. The lowest BCUT2D eigenvalue weighted by Gasteiger charge is -2.03. The van der Waals surface area contributed by atoms with E-state index in [2.05, 4.69) is 16.4 Å². The minimum atomic E-state index is -0.790. The van der Waals surface area contributed by atoms with Gasteiger partial charge >= 0.3 is 5.97 Å². The molecule has 0 bridgehead atoms. The average Bonchev–Trinajstić information content (AvgIpc) is 2.89. The highest BCUT2D eigenvalue weighted by Crippen LogP contribution is 2.22. The lowest BCUT2D eigenvalue weighted by atomic mass is 10.2. The van der Waals surface area contributed by atoms with Gasteiger partial charge in [0.2, 0.25) is 5.91 Å². The monoisotopic (exact) mass is 320 g/mol. The highest BCUT2D eigenvalue weighted by molar-refractivity contribution is 7.18. The van der Waals surface area contributed by atoms with Crippen molar-refractivity contribution in [2.24, 2.45) is 0 Å². The Morgan fingerprint density at radius 2 is 1.95 bits per heavy atom. The molecule has 1 amide bonds. The molecule has 2 N–H and O–H groups in total. The van der Waals surface area contributed by atoms with Gasteiger partial charge in [0.1, 0.15) is 0 Å². The minimum absolute atomic E-state index is 0.0245. The fraction of sp³-hybridized carbons (Fsp3) is 0.438. The van der Waals surface area contributed by atoms with E-state index in [-0.39, 0.29) is 12.3 Å². The Bertz CT molecular complexity index is 606. The Morgan fingerprint density at radius 1 is 1.14 bits per heavy atom. The number of carboxylic acids is 1. The van der Waals surface area contributed by atoms with E-state index in [9.17, 15) is 9.59 Å². The van der Waals surface area contributed by atoms with Crippen molar-refractivity contribution in [3.8, 4) is 0 Å². The maximum atomic E-state index is 11.7.